The zero-order valence-corrected chi connectivity index (χ0v) is 10.3. The summed E-state index contributed by atoms with van der Waals surface area (Å²) in [6.45, 7) is 6.39. The van der Waals surface area contributed by atoms with Gasteiger partial charge in [0, 0.05) is 18.1 Å². The SMILES string of the molecule is CC(C)CNCc1nccs1.Cl.Cl. The molecule has 78 valence electrons. The molecular formula is C8H16Cl2N2S. The molecule has 0 saturated heterocycles. The minimum atomic E-state index is 0. The summed E-state index contributed by atoms with van der Waals surface area (Å²) >= 11 is 1.70. The lowest BCUT2D eigenvalue weighted by Gasteiger charge is -2.04. The summed E-state index contributed by atoms with van der Waals surface area (Å²) in [6.07, 6.45) is 1.84. The van der Waals surface area contributed by atoms with Gasteiger partial charge in [-0.3, -0.25) is 0 Å². The first-order valence-electron chi connectivity index (χ1n) is 3.88. The van der Waals surface area contributed by atoms with Crippen LogP contribution in [0.3, 0.4) is 0 Å². The summed E-state index contributed by atoms with van der Waals surface area (Å²) in [7, 11) is 0. The molecule has 0 spiro atoms. The van der Waals surface area contributed by atoms with Gasteiger partial charge in [0.05, 0.1) is 0 Å². The Morgan fingerprint density at radius 2 is 2.15 bits per heavy atom. The van der Waals surface area contributed by atoms with E-state index in [-0.39, 0.29) is 24.8 Å². The number of nitrogens with zero attached hydrogens (tertiary/aromatic N) is 1. The van der Waals surface area contributed by atoms with Gasteiger partial charge in [-0.15, -0.1) is 36.2 Å². The van der Waals surface area contributed by atoms with Crippen molar-refractivity contribution in [2.24, 2.45) is 5.92 Å². The molecule has 5 heteroatoms. The van der Waals surface area contributed by atoms with Crippen molar-refractivity contribution >= 4 is 36.2 Å². The van der Waals surface area contributed by atoms with Crippen LogP contribution in [-0.2, 0) is 6.54 Å². The molecule has 13 heavy (non-hydrogen) atoms. The summed E-state index contributed by atoms with van der Waals surface area (Å²) in [5.74, 6) is 0.718. The lowest BCUT2D eigenvalue weighted by Crippen LogP contribution is -2.18. The van der Waals surface area contributed by atoms with E-state index in [0.29, 0.717) is 0 Å². The van der Waals surface area contributed by atoms with E-state index < -0.39 is 0 Å². The maximum absolute atomic E-state index is 4.17. The summed E-state index contributed by atoms with van der Waals surface area (Å²) in [5, 5.41) is 6.51. The zero-order chi connectivity index (χ0) is 8.10. The normalized spacial score (nSPS) is 9.15. The molecule has 0 amide bonds. The van der Waals surface area contributed by atoms with E-state index in [0.717, 1.165) is 19.0 Å². The minimum absolute atomic E-state index is 0. The minimum Gasteiger partial charge on any atom is -0.310 e. The fourth-order valence-electron chi connectivity index (χ4n) is 0.808. The largest absolute Gasteiger partial charge is 0.310 e. The zero-order valence-electron chi connectivity index (χ0n) is 7.82. The molecule has 0 fully saturated rings. The average Bonchev–Trinajstić information content (AvgIpc) is 2.39. The van der Waals surface area contributed by atoms with Gasteiger partial charge in [0.25, 0.3) is 0 Å². The standard InChI is InChI=1S/C8H14N2S.2ClH/c1-7(2)5-9-6-8-10-3-4-11-8;;/h3-4,7,9H,5-6H2,1-2H3;2*1H. The van der Waals surface area contributed by atoms with Crippen molar-refractivity contribution in [2.75, 3.05) is 6.54 Å². The highest BCUT2D eigenvalue weighted by Crippen LogP contribution is 2.02. The second-order valence-electron chi connectivity index (χ2n) is 2.95. The number of halogens is 2. The average molecular weight is 243 g/mol. The van der Waals surface area contributed by atoms with E-state index in [1.54, 1.807) is 11.3 Å². The number of thiazole rings is 1. The highest BCUT2D eigenvalue weighted by molar-refractivity contribution is 7.09. The Hall–Kier alpha value is 0.170. The summed E-state index contributed by atoms with van der Waals surface area (Å²) in [4.78, 5) is 4.17. The van der Waals surface area contributed by atoms with Gasteiger partial charge in [0.1, 0.15) is 5.01 Å². The molecule has 0 aliphatic heterocycles. The summed E-state index contributed by atoms with van der Waals surface area (Å²) in [6, 6.07) is 0. The predicted octanol–water partition coefficient (Wildman–Crippen LogP) is 2.73. The van der Waals surface area contributed by atoms with Crippen LogP contribution >= 0.6 is 36.2 Å². The summed E-state index contributed by atoms with van der Waals surface area (Å²) < 4.78 is 0. The fraction of sp³-hybridized carbons (Fsp3) is 0.625. The van der Waals surface area contributed by atoms with Gasteiger partial charge < -0.3 is 5.32 Å². The fourth-order valence-corrected chi connectivity index (χ4v) is 1.39. The van der Waals surface area contributed by atoms with Crippen LogP contribution in [-0.4, -0.2) is 11.5 Å². The molecule has 0 bridgehead atoms. The molecule has 0 unspecified atom stereocenters. The molecule has 1 rings (SSSR count). The molecular weight excluding hydrogens is 227 g/mol. The molecule has 0 aliphatic carbocycles. The van der Waals surface area contributed by atoms with E-state index in [9.17, 15) is 0 Å². The van der Waals surface area contributed by atoms with E-state index in [4.69, 9.17) is 0 Å². The smallest absolute Gasteiger partial charge is 0.106 e. The molecule has 0 aliphatic rings. The number of hydrogen-bond acceptors (Lipinski definition) is 3. The molecule has 0 radical (unpaired) electrons. The third-order valence-corrected chi connectivity index (χ3v) is 2.09. The van der Waals surface area contributed by atoms with E-state index in [1.165, 1.54) is 5.01 Å². The van der Waals surface area contributed by atoms with Crippen LogP contribution < -0.4 is 5.32 Å². The van der Waals surface area contributed by atoms with Crippen molar-refractivity contribution in [2.45, 2.75) is 20.4 Å². The third kappa shape index (κ3) is 7.26. The van der Waals surface area contributed by atoms with Gasteiger partial charge >= 0.3 is 0 Å². The molecule has 0 saturated carbocycles. The van der Waals surface area contributed by atoms with Crippen LogP contribution in [0.15, 0.2) is 11.6 Å². The van der Waals surface area contributed by atoms with Crippen molar-refractivity contribution in [1.29, 1.82) is 0 Å². The number of rotatable bonds is 4. The second-order valence-corrected chi connectivity index (χ2v) is 3.93. The van der Waals surface area contributed by atoms with Crippen LogP contribution in [0.1, 0.15) is 18.9 Å². The van der Waals surface area contributed by atoms with Crippen LogP contribution in [0, 0.1) is 5.92 Å². The molecule has 1 heterocycles. The first kappa shape index (κ1) is 15.6. The molecule has 2 nitrogen and oxygen atoms in total. The number of aromatic nitrogens is 1. The van der Waals surface area contributed by atoms with Gasteiger partial charge in [-0.25, -0.2) is 4.98 Å². The Morgan fingerprint density at radius 1 is 1.46 bits per heavy atom. The predicted molar refractivity (Wildman–Crippen MR) is 63.2 cm³/mol. The molecule has 1 aromatic heterocycles. The quantitative estimate of drug-likeness (QED) is 0.879. The molecule has 0 atom stereocenters. The van der Waals surface area contributed by atoms with Gasteiger partial charge in [0.15, 0.2) is 0 Å². The molecule has 0 aromatic carbocycles. The van der Waals surface area contributed by atoms with Gasteiger partial charge in [0.2, 0.25) is 0 Å². The maximum atomic E-state index is 4.17. The summed E-state index contributed by atoms with van der Waals surface area (Å²) in [5.41, 5.74) is 0. The van der Waals surface area contributed by atoms with E-state index in [1.807, 2.05) is 11.6 Å². The monoisotopic (exact) mass is 242 g/mol. The van der Waals surface area contributed by atoms with Crippen LogP contribution in [0.2, 0.25) is 0 Å². The van der Waals surface area contributed by atoms with Crippen LogP contribution in [0.4, 0.5) is 0 Å². The lowest BCUT2D eigenvalue weighted by molar-refractivity contribution is 0.551. The van der Waals surface area contributed by atoms with Gasteiger partial charge in [-0.05, 0) is 12.5 Å². The van der Waals surface area contributed by atoms with E-state index >= 15 is 0 Å². The van der Waals surface area contributed by atoms with Crippen molar-refractivity contribution < 1.29 is 0 Å². The highest BCUT2D eigenvalue weighted by Gasteiger charge is 1.95. The number of hydrogen-bond donors (Lipinski definition) is 1. The Balaban J connectivity index is 0. The molecule has 1 N–H and O–H groups in total. The second kappa shape index (κ2) is 8.75. The van der Waals surface area contributed by atoms with Crippen molar-refractivity contribution in [3.63, 3.8) is 0 Å². The Bertz CT molecular complexity index is 190. The Morgan fingerprint density at radius 3 is 2.62 bits per heavy atom. The van der Waals surface area contributed by atoms with Gasteiger partial charge in [-0.2, -0.15) is 0 Å². The van der Waals surface area contributed by atoms with Crippen LogP contribution in [0.5, 0.6) is 0 Å². The third-order valence-electron chi connectivity index (χ3n) is 1.31. The topological polar surface area (TPSA) is 24.9 Å². The van der Waals surface area contributed by atoms with E-state index in [2.05, 4.69) is 24.1 Å². The first-order valence-corrected chi connectivity index (χ1v) is 4.76. The van der Waals surface area contributed by atoms with Crippen LogP contribution in [0.25, 0.3) is 0 Å². The molecule has 1 aromatic rings. The van der Waals surface area contributed by atoms with Crippen molar-refractivity contribution in [1.82, 2.24) is 10.3 Å². The number of nitrogens with one attached hydrogen (secondary N) is 1. The lowest BCUT2D eigenvalue weighted by atomic mass is 10.2. The Kier molecular flexibility index (Phi) is 10.5. The highest BCUT2D eigenvalue weighted by atomic mass is 35.5. The van der Waals surface area contributed by atoms with Crippen molar-refractivity contribution in [3.8, 4) is 0 Å². The maximum Gasteiger partial charge on any atom is 0.106 e. The Labute approximate surface area is 96.0 Å². The van der Waals surface area contributed by atoms with Gasteiger partial charge in [-0.1, -0.05) is 13.8 Å². The first-order chi connectivity index (χ1) is 5.29. The van der Waals surface area contributed by atoms with Crippen molar-refractivity contribution in [3.05, 3.63) is 16.6 Å².